The highest BCUT2D eigenvalue weighted by Crippen LogP contribution is 2.23. The van der Waals surface area contributed by atoms with E-state index in [0.717, 1.165) is 10.9 Å². The van der Waals surface area contributed by atoms with Gasteiger partial charge in [0.2, 0.25) is 0 Å². The minimum Gasteiger partial charge on any atom is -0.508 e. The Morgan fingerprint density at radius 2 is 1.90 bits per heavy atom. The van der Waals surface area contributed by atoms with E-state index in [1.165, 1.54) is 0 Å². The van der Waals surface area contributed by atoms with Gasteiger partial charge in [0, 0.05) is 17.0 Å². The monoisotopic (exact) mass is 301 g/mol. The second-order valence-corrected chi connectivity index (χ2v) is 5.08. The van der Waals surface area contributed by atoms with Gasteiger partial charge in [0.15, 0.2) is 5.76 Å². The third-order valence-electron chi connectivity index (χ3n) is 3.09. The zero-order valence-electron chi connectivity index (χ0n) is 11.0. The summed E-state index contributed by atoms with van der Waals surface area (Å²) in [7, 11) is 0. The number of halogens is 1. The molecule has 1 heterocycles. The first kappa shape index (κ1) is 13.5. The summed E-state index contributed by atoms with van der Waals surface area (Å²) in [6.45, 7) is 0.358. The maximum atomic E-state index is 12.1. The Labute approximate surface area is 126 Å². The van der Waals surface area contributed by atoms with Crippen LogP contribution in [0.4, 0.5) is 0 Å². The van der Waals surface area contributed by atoms with E-state index >= 15 is 0 Å². The summed E-state index contributed by atoms with van der Waals surface area (Å²) in [5.74, 6) is 0.140. The number of phenolic OH excluding ortho intramolecular Hbond substituents is 1. The van der Waals surface area contributed by atoms with Crippen molar-refractivity contribution >= 4 is 28.5 Å². The molecule has 0 bridgehead atoms. The summed E-state index contributed by atoms with van der Waals surface area (Å²) < 4.78 is 5.48. The number of hydrogen-bond donors (Lipinski definition) is 2. The molecule has 0 aliphatic heterocycles. The average Bonchev–Trinajstić information content (AvgIpc) is 2.89. The molecule has 0 saturated carbocycles. The molecule has 0 fully saturated rings. The third kappa shape index (κ3) is 3.01. The number of carbonyl (C=O) groups is 1. The lowest BCUT2D eigenvalue weighted by Crippen LogP contribution is -2.22. The zero-order chi connectivity index (χ0) is 14.8. The first-order valence-corrected chi connectivity index (χ1v) is 6.75. The molecule has 0 unspecified atom stereocenters. The van der Waals surface area contributed by atoms with Gasteiger partial charge in [-0.25, -0.2) is 0 Å². The van der Waals surface area contributed by atoms with Gasteiger partial charge in [-0.05, 0) is 42.0 Å². The number of phenols is 1. The van der Waals surface area contributed by atoms with Crippen LogP contribution < -0.4 is 5.32 Å². The van der Waals surface area contributed by atoms with Gasteiger partial charge in [-0.2, -0.15) is 0 Å². The normalized spacial score (nSPS) is 10.7. The fourth-order valence-electron chi connectivity index (χ4n) is 2.01. The summed E-state index contributed by atoms with van der Waals surface area (Å²) in [5.41, 5.74) is 1.51. The minimum atomic E-state index is -0.296. The highest BCUT2D eigenvalue weighted by atomic mass is 35.5. The van der Waals surface area contributed by atoms with Crippen LogP contribution in [0.5, 0.6) is 5.75 Å². The molecule has 0 spiro atoms. The van der Waals surface area contributed by atoms with Crippen molar-refractivity contribution in [3.05, 3.63) is 64.9 Å². The Morgan fingerprint density at radius 3 is 2.67 bits per heavy atom. The van der Waals surface area contributed by atoms with Crippen molar-refractivity contribution in [3.63, 3.8) is 0 Å². The molecule has 0 aliphatic rings. The number of rotatable bonds is 3. The summed E-state index contributed by atoms with van der Waals surface area (Å²) in [6.07, 6.45) is 0. The van der Waals surface area contributed by atoms with E-state index in [2.05, 4.69) is 5.32 Å². The van der Waals surface area contributed by atoms with Crippen LogP contribution in [0.15, 0.2) is 52.9 Å². The molecule has 2 N–H and O–H groups in total. The average molecular weight is 302 g/mol. The van der Waals surface area contributed by atoms with Crippen molar-refractivity contribution in [3.8, 4) is 5.75 Å². The molecule has 21 heavy (non-hydrogen) atoms. The number of furan rings is 1. The van der Waals surface area contributed by atoms with Gasteiger partial charge in [-0.1, -0.05) is 23.7 Å². The summed E-state index contributed by atoms with van der Waals surface area (Å²) in [4.78, 5) is 12.1. The molecule has 0 saturated heterocycles. The van der Waals surface area contributed by atoms with E-state index in [-0.39, 0.29) is 17.4 Å². The number of benzene rings is 2. The van der Waals surface area contributed by atoms with Gasteiger partial charge in [-0.3, -0.25) is 4.79 Å². The Hall–Kier alpha value is -2.46. The maximum Gasteiger partial charge on any atom is 0.287 e. The number of aromatic hydroxyl groups is 1. The highest BCUT2D eigenvalue weighted by Gasteiger charge is 2.12. The van der Waals surface area contributed by atoms with Crippen LogP contribution in [0.3, 0.4) is 0 Å². The summed E-state index contributed by atoms with van der Waals surface area (Å²) in [6, 6.07) is 13.5. The van der Waals surface area contributed by atoms with Crippen molar-refractivity contribution < 1.29 is 14.3 Å². The van der Waals surface area contributed by atoms with Crippen LogP contribution in [0.1, 0.15) is 16.1 Å². The fourth-order valence-corrected chi connectivity index (χ4v) is 2.19. The molecule has 106 valence electrons. The van der Waals surface area contributed by atoms with E-state index in [1.807, 2.05) is 0 Å². The molecule has 1 amide bonds. The molecule has 0 radical (unpaired) electrons. The highest BCUT2D eigenvalue weighted by molar-refractivity contribution is 6.31. The predicted octanol–water partition coefficient (Wildman–Crippen LogP) is 3.72. The second-order valence-electron chi connectivity index (χ2n) is 4.64. The van der Waals surface area contributed by atoms with Crippen LogP contribution in [-0.2, 0) is 6.54 Å². The Balaban J connectivity index is 1.73. The van der Waals surface area contributed by atoms with Gasteiger partial charge >= 0.3 is 0 Å². The van der Waals surface area contributed by atoms with Crippen LogP contribution in [0.25, 0.3) is 11.0 Å². The van der Waals surface area contributed by atoms with Gasteiger partial charge in [0.05, 0.1) is 0 Å². The zero-order valence-corrected chi connectivity index (χ0v) is 11.7. The van der Waals surface area contributed by atoms with Gasteiger partial charge in [0.1, 0.15) is 11.3 Å². The summed E-state index contributed by atoms with van der Waals surface area (Å²) in [5, 5.41) is 13.4. The lowest BCUT2D eigenvalue weighted by molar-refractivity contribution is 0.0925. The summed E-state index contributed by atoms with van der Waals surface area (Å²) >= 11 is 5.90. The third-order valence-corrected chi connectivity index (χ3v) is 3.33. The molecule has 1 aromatic heterocycles. The van der Waals surface area contributed by atoms with E-state index in [9.17, 15) is 9.90 Å². The molecule has 0 atom stereocenters. The van der Waals surface area contributed by atoms with Crippen LogP contribution in [-0.4, -0.2) is 11.0 Å². The van der Waals surface area contributed by atoms with Crippen molar-refractivity contribution in [1.82, 2.24) is 5.32 Å². The van der Waals surface area contributed by atoms with E-state index in [1.54, 1.807) is 48.5 Å². The Morgan fingerprint density at radius 1 is 1.14 bits per heavy atom. The standard InChI is InChI=1S/C16H12ClNO3/c17-12-3-6-14-11(7-12)8-15(21-14)16(20)18-9-10-1-4-13(19)5-2-10/h1-8,19H,9H2,(H,18,20). The van der Waals surface area contributed by atoms with Gasteiger partial charge < -0.3 is 14.8 Å². The molecular formula is C16H12ClNO3. The minimum absolute atomic E-state index is 0.194. The molecule has 3 aromatic rings. The van der Waals surface area contributed by atoms with Gasteiger partial charge in [-0.15, -0.1) is 0 Å². The number of nitrogens with one attached hydrogen (secondary N) is 1. The smallest absolute Gasteiger partial charge is 0.287 e. The van der Waals surface area contributed by atoms with E-state index in [0.29, 0.717) is 17.2 Å². The van der Waals surface area contributed by atoms with Crippen LogP contribution in [0, 0.1) is 0 Å². The molecular weight excluding hydrogens is 290 g/mol. The lowest BCUT2D eigenvalue weighted by Gasteiger charge is -2.03. The number of carbonyl (C=O) groups excluding carboxylic acids is 1. The Kier molecular flexibility index (Phi) is 3.54. The quantitative estimate of drug-likeness (QED) is 0.775. The number of fused-ring (bicyclic) bond motifs is 1. The first-order valence-electron chi connectivity index (χ1n) is 6.37. The number of amides is 1. The van der Waals surface area contributed by atoms with Crippen molar-refractivity contribution in [2.45, 2.75) is 6.54 Å². The van der Waals surface area contributed by atoms with E-state index < -0.39 is 0 Å². The first-order chi connectivity index (χ1) is 10.1. The predicted molar refractivity (Wildman–Crippen MR) is 80.5 cm³/mol. The lowest BCUT2D eigenvalue weighted by atomic mass is 10.2. The van der Waals surface area contributed by atoms with Gasteiger partial charge in [0.25, 0.3) is 5.91 Å². The molecule has 2 aromatic carbocycles. The van der Waals surface area contributed by atoms with Crippen LogP contribution >= 0.6 is 11.6 Å². The van der Waals surface area contributed by atoms with Crippen molar-refractivity contribution in [2.75, 3.05) is 0 Å². The molecule has 0 aliphatic carbocycles. The van der Waals surface area contributed by atoms with Crippen molar-refractivity contribution in [2.24, 2.45) is 0 Å². The van der Waals surface area contributed by atoms with E-state index in [4.69, 9.17) is 16.0 Å². The molecule has 4 nitrogen and oxygen atoms in total. The molecule has 5 heteroatoms. The second kappa shape index (κ2) is 5.50. The topological polar surface area (TPSA) is 62.5 Å². The molecule has 3 rings (SSSR count). The SMILES string of the molecule is O=C(NCc1ccc(O)cc1)c1cc2cc(Cl)ccc2o1. The maximum absolute atomic E-state index is 12.1. The Bertz CT molecular complexity index is 793. The van der Waals surface area contributed by atoms with Crippen LogP contribution in [0.2, 0.25) is 5.02 Å². The van der Waals surface area contributed by atoms with Crippen molar-refractivity contribution in [1.29, 1.82) is 0 Å². The fraction of sp³-hybridized carbons (Fsp3) is 0.0625. The largest absolute Gasteiger partial charge is 0.508 e. The number of hydrogen-bond acceptors (Lipinski definition) is 3.